The van der Waals surface area contributed by atoms with Gasteiger partial charge in [0.2, 0.25) is 5.91 Å². The Morgan fingerprint density at radius 2 is 1.90 bits per heavy atom. The molecule has 5 heteroatoms. The Morgan fingerprint density at radius 3 is 2.62 bits per heavy atom. The van der Waals surface area contributed by atoms with Gasteiger partial charge in [0.05, 0.1) is 12.6 Å². The largest absolute Gasteiger partial charge is 0.387 e. The zero-order valence-electron chi connectivity index (χ0n) is 11.4. The van der Waals surface area contributed by atoms with Crippen LogP contribution >= 0.6 is 11.6 Å². The fourth-order valence-electron chi connectivity index (χ4n) is 1.89. The molecule has 2 aromatic rings. The van der Waals surface area contributed by atoms with E-state index in [1.165, 1.54) is 0 Å². The second-order valence-corrected chi connectivity index (χ2v) is 5.05. The minimum Gasteiger partial charge on any atom is -0.387 e. The number of benzene rings is 2. The highest BCUT2D eigenvalue weighted by molar-refractivity contribution is 6.30. The highest BCUT2D eigenvalue weighted by atomic mass is 35.5. The van der Waals surface area contributed by atoms with E-state index in [-0.39, 0.29) is 12.5 Å². The van der Waals surface area contributed by atoms with Gasteiger partial charge >= 0.3 is 0 Å². The minimum absolute atomic E-state index is 0.121. The zero-order chi connectivity index (χ0) is 15.1. The van der Waals surface area contributed by atoms with Gasteiger partial charge in [0.25, 0.3) is 0 Å². The monoisotopic (exact) mass is 304 g/mol. The van der Waals surface area contributed by atoms with Gasteiger partial charge in [0.15, 0.2) is 0 Å². The molecule has 0 aromatic heterocycles. The number of carbonyl (C=O) groups is 1. The van der Waals surface area contributed by atoms with Crippen molar-refractivity contribution < 1.29 is 9.90 Å². The predicted molar refractivity (Wildman–Crippen MR) is 84.4 cm³/mol. The van der Waals surface area contributed by atoms with Crippen LogP contribution in [0.3, 0.4) is 0 Å². The van der Waals surface area contributed by atoms with Crippen LogP contribution in [0.2, 0.25) is 5.02 Å². The van der Waals surface area contributed by atoms with E-state index in [1.807, 2.05) is 30.3 Å². The number of hydrogen-bond acceptors (Lipinski definition) is 3. The quantitative estimate of drug-likeness (QED) is 0.769. The highest BCUT2D eigenvalue weighted by Crippen LogP contribution is 2.14. The number of halogens is 1. The van der Waals surface area contributed by atoms with Crippen LogP contribution < -0.4 is 10.6 Å². The molecule has 21 heavy (non-hydrogen) atoms. The van der Waals surface area contributed by atoms with Gasteiger partial charge in [-0.1, -0.05) is 48.0 Å². The van der Waals surface area contributed by atoms with Crippen molar-refractivity contribution in [1.29, 1.82) is 0 Å². The number of nitrogens with one attached hydrogen (secondary N) is 2. The molecule has 0 spiro atoms. The van der Waals surface area contributed by atoms with E-state index in [2.05, 4.69) is 10.6 Å². The third kappa shape index (κ3) is 5.19. The van der Waals surface area contributed by atoms with E-state index >= 15 is 0 Å². The number of amides is 1. The van der Waals surface area contributed by atoms with Crippen molar-refractivity contribution >= 4 is 23.2 Å². The summed E-state index contributed by atoms with van der Waals surface area (Å²) in [5.41, 5.74) is 1.47. The molecule has 0 aliphatic heterocycles. The van der Waals surface area contributed by atoms with Crippen molar-refractivity contribution in [2.45, 2.75) is 6.10 Å². The van der Waals surface area contributed by atoms with Gasteiger partial charge in [0.1, 0.15) is 0 Å². The second kappa shape index (κ2) is 7.78. The molecule has 0 saturated carbocycles. The summed E-state index contributed by atoms with van der Waals surface area (Å²) in [4.78, 5) is 11.7. The van der Waals surface area contributed by atoms with Crippen LogP contribution in [-0.2, 0) is 4.79 Å². The van der Waals surface area contributed by atoms with Crippen molar-refractivity contribution in [3.63, 3.8) is 0 Å². The van der Waals surface area contributed by atoms with E-state index in [9.17, 15) is 9.90 Å². The number of carbonyl (C=O) groups excluding carboxylic acids is 1. The SMILES string of the molecule is O=C(CNCC(O)c1ccccc1)Nc1cccc(Cl)c1. The van der Waals surface area contributed by atoms with E-state index in [1.54, 1.807) is 24.3 Å². The van der Waals surface area contributed by atoms with Crippen molar-refractivity contribution in [2.75, 3.05) is 18.4 Å². The van der Waals surface area contributed by atoms with Gasteiger partial charge < -0.3 is 15.7 Å². The highest BCUT2D eigenvalue weighted by Gasteiger charge is 2.08. The molecular formula is C16H17ClN2O2. The number of aliphatic hydroxyl groups excluding tert-OH is 1. The number of hydrogen-bond donors (Lipinski definition) is 3. The van der Waals surface area contributed by atoms with Gasteiger partial charge in [0, 0.05) is 17.3 Å². The predicted octanol–water partition coefficient (Wildman–Crippen LogP) is 2.60. The summed E-state index contributed by atoms with van der Waals surface area (Å²) in [5.74, 6) is -0.183. The van der Waals surface area contributed by atoms with Crippen LogP contribution in [0, 0.1) is 0 Å². The van der Waals surface area contributed by atoms with Crippen molar-refractivity contribution in [3.8, 4) is 0 Å². The van der Waals surface area contributed by atoms with Crippen LogP contribution in [-0.4, -0.2) is 24.1 Å². The van der Waals surface area contributed by atoms with Crippen molar-refractivity contribution in [3.05, 3.63) is 65.2 Å². The Kier molecular flexibility index (Phi) is 5.75. The Labute approximate surface area is 128 Å². The van der Waals surface area contributed by atoms with Gasteiger partial charge in [-0.2, -0.15) is 0 Å². The summed E-state index contributed by atoms with van der Waals surface area (Å²) in [5, 5.41) is 16.2. The molecule has 1 unspecified atom stereocenters. The fraction of sp³-hybridized carbons (Fsp3) is 0.188. The molecule has 3 N–H and O–H groups in total. The standard InChI is InChI=1S/C16H17ClN2O2/c17-13-7-4-8-14(9-13)19-16(21)11-18-10-15(20)12-5-2-1-3-6-12/h1-9,15,18,20H,10-11H2,(H,19,21). The first-order chi connectivity index (χ1) is 10.1. The third-order valence-electron chi connectivity index (χ3n) is 2.92. The first-order valence-corrected chi connectivity index (χ1v) is 7.02. The van der Waals surface area contributed by atoms with Gasteiger partial charge in [-0.3, -0.25) is 4.79 Å². The van der Waals surface area contributed by atoms with Gasteiger partial charge in [-0.15, -0.1) is 0 Å². The van der Waals surface area contributed by atoms with Crippen LogP contribution in [0.5, 0.6) is 0 Å². The second-order valence-electron chi connectivity index (χ2n) is 4.62. The van der Waals surface area contributed by atoms with Crippen LogP contribution in [0.25, 0.3) is 0 Å². The van der Waals surface area contributed by atoms with Gasteiger partial charge in [-0.05, 0) is 23.8 Å². The summed E-state index contributed by atoms with van der Waals surface area (Å²) >= 11 is 5.84. The maximum absolute atomic E-state index is 11.7. The topological polar surface area (TPSA) is 61.4 Å². The fourth-order valence-corrected chi connectivity index (χ4v) is 2.08. The Morgan fingerprint density at radius 1 is 1.14 bits per heavy atom. The molecular weight excluding hydrogens is 288 g/mol. The first-order valence-electron chi connectivity index (χ1n) is 6.64. The third-order valence-corrected chi connectivity index (χ3v) is 3.15. The Balaban J connectivity index is 1.74. The average Bonchev–Trinajstić information content (AvgIpc) is 2.48. The number of anilines is 1. The zero-order valence-corrected chi connectivity index (χ0v) is 12.2. The van der Waals surface area contributed by atoms with E-state index in [4.69, 9.17) is 11.6 Å². The lowest BCUT2D eigenvalue weighted by Crippen LogP contribution is -2.31. The smallest absolute Gasteiger partial charge is 0.238 e. The molecule has 4 nitrogen and oxygen atoms in total. The lowest BCUT2D eigenvalue weighted by molar-refractivity contribution is -0.115. The Bertz CT molecular complexity index is 590. The molecule has 2 aromatic carbocycles. The van der Waals surface area contributed by atoms with Crippen LogP contribution in [0.15, 0.2) is 54.6 Å². The first kappa shape index (κ1) is 15.5. The Hall–Kier alpha value is -1.88. The summed E-state index contributed by atoms with van der Waals surface area (Å²) in [6.07, 6.45) is -0.634. The van der Waals surface area contributed by atoms with E-state index < -0.39 is 6.10 Å². The van der Waals surface area contributed by atoms with E-state index in [0.29, 0.717) is 17.3 Å². The summed E-state index contributed by atoms with van der Waals surface area (Å²) < 4.78 is 0. The molecule has 0 bridgehead atoms. The van der Waals surface area contributed by atoms with E-state index in [0.717, 1.165) is 5.56 Å². The number of aliphatic hydroxyl groups is 1. The average molecular weight is 305 g/mol. The molecule has 0 aliphatic rings. The summed E-state index contributed by atoms with van der Waals surface area (Å²) in [7, 11) is 0. The molecule has 0 saturated heterocycles. The molecule has 0 fully saturated rings. The van der Waals surface area contributed by atoms with Crippen molar-refractivity contribution in [1.82, 2.24) is 5.32 Å². The van der Waals surface area contributed by atoms with Gasteiger partial charge in [-0.25, -0.2) is 0 Å². The molecule has 2 rings (SSSR count). The number of rotatable bonds is 6. The molecule has 0 radical (unpaired) electrons. The lowest BCUT2D eigenvalue weighted by Gasteiger charge is -2.12. The molecule has 1 atom stereocenters. The van der Waals surface area contributed by atoms with Crippen molar-refractivity contribution in [2.24, 2.45) is 0 Å². The maximum atomic E-state index is 11.7. The molecule has 1 amide bonds. The minimum atomic E-state index is -0.634. The molecule has 0 aliphatic carbocycles. The van der Waals surface area contributed by atoms with Crippen LogP contribution in [0.1, 0.15) is 11.7 Å². The molecule has 0 heterocycles. The lowest BCUT2D eigenvalue weighted by atomic mass is 10.1. The summed E-state index contributed by atoms with van der Waals surface area (Å²) in [6.45, 7) is 0.434. The van der Waals surface area contributed by atoms with Crippen LogP contribution in [0.4, 0.5) is 5.69 Å². The maximum Gasteiger partial charge on any atom is 0.238 e. The molecule has 110 valence electrons. The normalized spacial score (nSPS) is 11.9. The summed E-state index contributed by atoms with van der Waals surface area (Å²) in [6, 6.07) is 16.3.